The second kappa shape index (κ2) is 7.86. The lowest BCUT2D eigenvalue weighted by Gasteiger charge is -2.24. The minimum Gasteiger partial charge on any atom is -0.368 e. The number of nitrogens with two attached hydrogens (primary N) is 1. The van der Waals surface area contributed by atoms with Gasteiger partial charge >= 0.3 is 0 Å². The Morgan fingerprint density at radius 1 is 1.47 bits per heavy atom. The number of likely N-dealkylation sites (N-methyl/N-ethyl adjacent to an activating group) is 1. The number of hydrogen-bond acceptors (Lipinski definition) is 4. The highest BCUT2D eigenvalue weighted by Crippen LogP contribution is 1.98. The van der Waals surface area contributed by atoms with Crippen LogP contribution in [0.3, 0.4) is 0 Å². The molecule has 1 unspecified atom stereocenters. The second-order valence-corrected chi connectivity index (χ2v) is 5.11. The first-order chi connectivity index (χ1) is 8.99. The molecule has 19 heavy (non-hydrogen) atoms. The molecular formula is C14H24N4O. The Labute approximate surface area is 115 Å². The van der Waals surface area contributed by atoms with Crippen molar-refractivity contribution in [3.05, 3.63) is 30.1 Å². The molecule has 1 aromatic rings. The largest absolute Gasteiger partial charge is 0.368 e. The first-order valence-electron chi connectivity index (χ1n) is 6.63. The predicted molar refractivity (Wildman–Crippen MR) is 76.7 cm³/mol. The summed E-state index contributed by atoms with van der Waals surface area (Å²) in [7, 11) is 1.99. The Hall–Kier alpha value is -1.46. The molecule has 106 valence electrons. The number of carbonyl (C=O) groups excluding carboxylic acids is 1. The third-order valence-corrected chi connectivity index (χ3v) is 2.85. The molecule has 1 atom stereocenters. The molecule has 1 amide bonds. The molecule has 5 heteroatoms. The van der Waals surface area contributed by atoms with E-state index in [1.54, 1.807) is 6.20 Å². The Morgan fingerprint density at radius 2 is 2.21 bits per heavy atom. The van der Waals surface area contributed by atoms with Crippen LogP contribution in [0.4, 0.5) is 0 Å². The fraction of sp³-hybridized carbons (Fsp3) is 0.571. The van der Waals surface area contributed by atoms with Gasteiger partial charge in [-0.2, -0.15) is 0 Å². The van der Waals surface area contributed by atoms with Gasteiger partial charge in [-0.1, -0.05) is 19.9 Å². The standard InChI is InChI=1S/C14H24N4O/c1-11(2)17-13(14(15)19)10-18(3)9-7-12-6-4-5-8-16-12/h4-6,8,11,13,17H,7,9-10H2,1-3H3,(H2,15,19). The van der Waals surface area contributed by atoms with E-state index in [1.807, 2.05) is 39.1 Å². The van der Waals surface area contributed by atoms with Crippen LogP contribution < -0.4 is 11.1 Å². The van der Waals surface area contributed by atoms with E-state index in [9.17, 15) is 4.79 Å². The zero-order valence-corrected chi connectivity index (χ0v) is 12.0. The molecule has 0 radical (unpaired) electrons. The topological polar surface area (TPSA) is 71.2 Å². The number of hydrogen-bond donors (Lipinski definition) is 2. The van der Waals surface area contributed by atoms with Crippen molar-refractivity contribution in [3.63, 3.8) is 0 Å². The average Bonchev–Trinajstić information content (AvgIpc) is 2.36. The van der Waals surface area contributed by atoms with Gasteiger partial charge in [0.2, 0.25) is 5.91 Å². The van der Waals surface area contributed by atoms with Crippen molar-refractivity contribution in [2.45, 2.75) is 32.4 Å². The highest BCUT2D eigenvalue weighted by molar-refractivity contribution is 5.80. The highest BCUT2D eigenvalue weighted by Gasteiger charge is 2.17. The summed E-state index contributed by atoms with van der Waals surface area (Å²) in [6.07, 6.45) is 2.66. The maximum absolute atomic E-state index is 11.4. The summed E-state index contributed by atoms with van der Waals surface area (Å²) in [6.45, 7) is 5.47. The van der Waals surface area contributed by atoms with Gasteiger partial charge in [-0.15, -0.1) is 0 Å². The van der Waals surface area contributed by atoms with Crippen LogP contribution in [0.2, 0.25) is 0 Å². The first kappa shape index (κ1) is 15.6. The van der Waals surface area contributed by atoms with E-state index in [0.29, 0.717) is 6.54 Å². The lowest BCUT2D eigenvalue weighted by Crippen LogP contribution is -2.50. The van der Waals surface area contributed by atoms with Gasteiger partial charge in [-0.25, -0.2) is 0 Å². The number of nitrogens with zero attached hydrogens (tertiary/aromatic N) is 2. The van der Waals surface area contributed by atoms with Gasteiger partial charge in [-0.3, -0.25) is 9.78 Å². The van der Waals surface area contributed by atoms with E-state index in [2.05, 4.69) is 15.2 Å². The summed E-state index contributed by atoms with van der Waals surface area (Å²) in [6, 6.07) is 5.82. The molecule has 0 aliphatic heterocycles. The molecule has 1 aromatic heterocycles. The van der Waals surface area contributed by atoms with Crippen molar-refractivity contribution >= 4 is 5.91 Å². The zero-order valence-electron chi connectivity index (χ0n) is 12.0. The zero-order chi connectivity index (χ0) is 14.3. The van der Waals surface area contributed by atoms with E-state index >= 15 is 0 Å². The van der Waals surface area contributed by atoms with Gasteiger partial charge in [0.25, 0.3) is 0 Å². The smallest absolute Gasteiger partial charge is 0.235 e. The average molecular weight is 264 g/mol. The quantitative estimate of drug-likeness (QED) is 0.713. The molecule has 5 nitrogen and oxygen atoms in total. The van der Waals surface area contributed by atoms with Gasteiger partial charge in [0.05, 0.1) is 6.04 Å². The first-order valence-corrected chi connectivity index (χ1v) is 6.63. The van der Waals surface area contributed by atoms with Gasteiger partial charge in [0.15, 0.2) is 0 Å². The van der Waals surface area contributed by atoms with Crippen LogP contribution in [0.5, 0.6) is 0 Å². The van der Waals surface area contributed by atoms with E-state index in [1.165, 1.54) is 0 Å². The molecular weight excluding hydrogens is 240 g/mol. The van der Waals surface area contributed by atoms with Crippen LogP contribution in [-0.2, 0) is 11.2 Å². The fourth-order valence-corrected chi connectivity index (χ4v) is 1.88. The summed E-state index contributed by atoms with van der Waals surface area (Å²) < 4.78 is 0. The maximum atomic E-state index is 11.4. The van der Waals surface area contributed by atoms with Crippen molar-refractivity contribution in [2.24, 2.45) is 5.73 Å². The third kappa shape index (κ3) is 6.31. The van der Waals surface area contributed by atoms with Crippen molar-refractivity contribution in [2.75, 3.05) is 20.1 Å². The van der Waals surface area contributed by atoms with Gasteiger partial charge in [0, 0.05) is 37.4 Å². The molecule has 0 saturated carbocycles. The van der Waals surface area contributed by atoms with E-state index in [4.69, 9.17) is 5.73 Å². The summed E-state index contributed by atoms with van der Waals surface area (Å²) in [5, 5.41) is 3.18. The molecule has 3 N–H and O–H groups in total. The van der Waals surface area contributed by atoms with Gasteiger partial charge in [0.1, 0.15) is 0 Å². The Kier molecular flexibility index (Phi) is 6.45. The van der Waals surface area contributed by atoms with Crippen molar-refractivity contribution in [1.29, 1.82) is 0 Å². The Balaban J connectivity index is 2.40. The lowest BCUT2D eigenvalue weighted by molar-refractivity contribution is -0.120. The minimum absolute atomic E-state index is 0.238. The van der Waals surface area contributed by atoms with E-state index < -0.39 is 0 Å². The molecule has 0 spiro atoms. The van der Waals surface area contributed by atoms with Crippen LogP contribution >= 0.6 is 0 Å². The van der Waals surface area contributed by atoms with Gasteiger partial charge < -0.3 is 16.0 Å². The van der Waals surface area contributed by atoms with Crippen LogP contribution in [0, 0.1) is 0 Å². The normalized spacial score (nSPS) is 12.9. The number of amides is 1. The van der Waals surface area contributed by atoms with Gasteiger partial charge in [-0.05, 0) is 19.2 Å². The number of aromatic nitrogens is 1. The molecule has 1 rings (SSSR count). The lowest BCUT2D eigenvalue weighted by atomic mass is 10.2. The third-order valence-electron chi connectivity index (χ3n) is 2.85. The summed E-state index contributed by atoms with van der Waals surface area (Å²) >= 11 is 0. The molecule has 0 bridgehead atoms. The Morgan fingerprint density at radius 3 is 2.74 bits per heavy atom. The number of primary amides is 1. The van der Waals surface area contributed by atoms with Crippen molar-refractivity contribution < 1.29 is 4.79 Å². The minimum atomic E-state index is -0.311. The van der Waals surface area contributed by atoms with E-state index in [0.717, 1.165) is 18.7 Å². The molecule has 0 fully saturated rings. The highest BCUT2D eigenvalue weighted by atomic mass is 16.1. The monoisotopic (exact) mass is 264 g/mol. The molecule has 0 saturated heterocycles. The number of nitrogens with one attached hydrogen (secondary N) is 1. The van der Waals surface area contributed by atoms with E-state index in [-0.39, 0.29) is 18.0 Å². The van der Waals surface area contributed by atoms with Crippen LogP contribution in [0.25, 0.3) is 0 Å². The molecule has 1 heterocycles. The van der Waals surface area contributed by atoms with Crippen LogP contribution in [-0.4, -0.2) is 48.0 Å². The fourth-order valence-electron chi connectivity index (χ4n) is 1.88. The summed E-state index contributed by atoms with van der Waals surface area (Å²) in [5.74, 6) is -0.307. The molecule has 0 aromatic carbocycles. The van der Waals surface area contributed by atoms with Crippen molar-refractivity contribution in [3.8, 4) is 0 Å². The SMILES string of the molecule is CC(C)NC(CN(C)CCc1ccccn1)C(N)=O. The van der Waals surface area contributed by atoms with Crippen molar-refractivity contribution in [1.82, 2.24) is 15.2 Å². The van der Waals surface area contributed by atoms with Crippen LogP contribution in [0.1, 0.15) is 19.5 Å². The molecule has 0 aliphatic rings. The predicted octanol–water partition coefficient (Wildman–Crippen LogP) is 0.408. The number of carbonyl (C=O) groups is 1. The summed E-state index contributed by atoms with van der Waals surface area (Å²) in [4.78, 5) is 17.7. The second-order valence-electron chi connectivity index (χ2n) is 5.11. The maximum Gasteiger partial charge on any atom is 0.235 e. The Bertz CT molecular complexity index is 380. The summed E-state index contributed by atoms with van der Waals surface area (Å²) in [5.41, 5.74) is 6.46. The molecule has 0 aliphatic carbocycles. The van der Waals surface area contributed by atoms with Crippen LogP contribution in [0.15, 0.2) is 24.4 Å². The number of pyridine rings is 1. The number of rotatable bonds is 8.